The smallest absolute Gasteiger partial charge is 0.433 e. The van der Waals surface area contributed by atoms with E-state index in [0.717, 1.165) is 12.3 Å². The largest absolute Gasteiger partial charge is 0.481 e. The van der Waals surface area contributed by atoms with Crippen molar-refractivity contribution in [2.45, 2.75) is 19.2 Å². The molecule has 6 nitrogen and oxygen atoms in total. The molecule has 1 amide bonds. The zero-order valence-corrected chi connectivity index (χ0v) is 11.9. The zero-order valence-electron chi connectivity index (χ0n) is 11.9. The predicted octanol–water partition coefficient (Wildman–Crippen LogP) is 2.54. The van der Waals surface area contributed by atoms with E-state index >= 15 is 0 Å². The van der Waals surface area contributed by atoms with Gasteiger partial charge in [0.25, 0.3) is 5.91 Å². The van der Waals surface area contributed by atoms with E-state index < -0.39 is 29.9 Å². The molecule has 0 spiro atoms. The van der Waals surface area contributed by atoms with Crippen LogP contribution in [-0.2, 0) is 11.0 Å². The maximum absolute atomic E-state index is 12.5. The minimum atomic E-state index is -4.58. The summed E-state index contributed by atoms with van der Waals surface area (Å²) < 4.78 is 48.0. The normalized spacial score (nSPS) is 12.5. The molecule has 1 aromatic heterocycles. The fourth-order valence-electron chi connectivity index (χ4n) is 1.50. The summed E-state index contributed by atoms with van der Waals surface area (Å²) in [6.45, 7) is 1.49. The van der Waals surface area contributed by atoms with Crippen molar-refractivity contribution in [1.29, 1.82) is 0 Å². The van der Waals surface area contributed by atoms with Gasteiger partial charge in [-0.05, 0) is 37.3 Å². The van der Waals surface area contributed by atoms with Crippen LogP contribution in [0.4, 0.5) is 13.2 Å². The molecule has 1 aromatic carbocycles. The van der Waals surface area contributed by atoms with Gasteiger partial charge >= 0.3 is 12.2 Å². The number of nitrogens with zero attached hydrogens (tertiary/aromatic N) is 2. The van der Waals surface area contributed by atoms with Gasteiger partial charge in [0.05, 0.1) is 0 Å². The second-order valence-corrected chi connectivity index (χ2v) is 4.46. The Bertz CT molecular complexity index is 690. The Morgan fingerprint density at radius 1 is 1.17 bits per heavy atom. The fourth-order valence-corrected chi connectivity index (χ4v) is 1.50. The molecule has 2 aromatic rings. The van der Waals surface area contributed by atoms with Crippen molar-refractivity contribution < 1.29 is 27.4 Å². The van der Waals surface area contributed by atoms with Gasteiger partial charge in [-0.15, -0.1) is 0 Å². The highest BCUT2D eigenvalue weighted by molar-refractivity contribution is 5.78. The lowest BCUT2D eigenvalue weighted by Gasteiger charge is -2.11. The average molecular weight is 327 g/mol. The fraction of sp³-hybridized carbons (Fsp3) is 0.214. The molecule has 23 heavy (non-hydrogen) atoms. The van der Waals surface area contributed by atoms with Crippen LogP contribution in [0.25, 0.3) is 0 Å². The second kappa shape index (κ2) is 6.51. The van der Waals surface area contributed by atoms with Crippen LogP contribution in [0.1, 0.15) is 12.6 Å². The molecular weight excluding hydrogens is 315 g/mol. The summed E-state index contributed by atoms with van der Waals surface area (Å²) in [4.78, 5) is 17.8. The Kier molecular flexibility index (Phi) is 4.68. The Morgan fingerprint density at radius 3 is 2.35 bits per heavy atom. The molecule has 2 N–H and O–H groups in total. The van der Waals surface area contributed by atoms with Crippen molar-refractivity contribution in [1.82, 2.24) is 9.97 Å². The van der Waals surface area contributed by atoms with Gasteiger partial charge < -0.3 is 15.2 Å². The molecule has 0 aliphatic heterocycles. The first-order valence-corrected chi connectivity index (χ1v) is 6.40. The van der Waals surface area contributed by atoms with Crippen LogP contribution < -0.4 is 15.2 Å². The van der Waals surface area contributed by atoms with Crippen LogP contribution in [0.2, 0.25) is 0 Å². The first-order valence-electron chi connectivity index (χ1n) is 6.40. The SMILES string of the molecule is CC(Oc1ccc(Oc2nccc(C(F)(F)F)n2)cc1)C(N)=O. The number of hydrogen-bond acceptors (Lipinski definition) is 5. The number of nitrogens with two attached hydrogens (primary N) is 1. The summed E-state index contributed by atoms with van der Waals surface area (Å²) in [7, 11) is 0. The number of primary amides is 1. The number of ether oxygens (including phenoxy) is 2. The molecule has 0 aliphatic carbocycles. The first kappa shape index (κ1) is 16.5. The van der Waals surface area contributed by atoms with Crippen molar-refractivity contribution >= 4 is 5.91 Å². The molecule has 0 bridgehead atoms. The summed E-state index contributed by atoms with van der Waals surface area (Å²) in [5, 5.41) is 0. The van der Waals surface area contributed by atoms with Crippen molar-refractivity contribution in [3.05, 3.63) is 42.2 Å². The quantitative estimate of drug-likeness (QED) is 0.912. The summed E-state index contributed by atoms with van der Waals surface area (Å²) in [5.74, 6) is -0.0558. The molecule has 0 saturated carbocycles. The lowest BCUT2D eigenvalue weighted by atomic mass is 10.3. The second-order valence-electron chi connectivity index (χ2n) is 4.46. The average Bonchev–Trinajstić information content (AvgIpc) is 2.48. The maximum Gasteiger partial charge on any atom is 0.433 e. The van der Waals surface area contributed by atoms with Crippen LogP contribution in [-0.4, -0.2) is 22.0 Å². The molecule has 1 heterocycles. The highest BCUT2D eigenvalue weighted by atomic mass is 19.4. The molecule has 2 rings (SSSR count). The van der Waals surface area contributed by atoms with Crippen molar-refractivity contribution in [2.24, 2.45) is 5.73 Å². The van der Waals surface area contributed by atoms with Gasteiger partial charge in [0.15, 0.2) is 11.8 Å². The number of halogens is 3. The minimum Gasteiger partial charge on any atom is -0.481 e. The molecule has 0 fully saturated rings. The molecule has 122 valence electrons. The standard InChI is InChI=1S/C14H12F3N3O3/c1-8(12(18)21)22-9-2-4-10(5-3-9)23-13-19-7-6-11(20-13)14(15,16)17/h2-8H,1H3,(H2,18,21). The number of carbonyl (C=O) groups is 1. The molecule has 0 aliphatic rings. The van der Waals surface area contributed by atoms with Crippen LogP contribution in [0.5, 0.6) is 17.5 Å². The Hall–Kier alpha value is -2.84. The maximum atomic E-state index is 12.5. The number of benzene rings is 1. The van der Waals surface area contributed by atoms with E-state index in [1.807, 2.05) is 0 Å². The van der Waals surface area contributed by atoms with E-state index in [4.69, 9.17) is 15.2 Å². The first-order chi connectivity index (χ1) is 10.8. The number of aromatic nitrogens is 2. The van der Waals surface area contributed by atoms with Gasteiger partial charge in [0.1, 0.15) is 11.5 Å². The molecular formula is C14H12F3N3O3. The molecule has 0 saturated heterocycles. The monoisotopic (exact) mass is 327 g/mol. The predicted molar refractivity (Wildman–Crippen MR) is 72.8 cm³/mol. The number of carbonyl (C=O) groups excluding carboxylic acids is 1. The van der Waals surface area contributed by atoms with Gasteiger partial charge in [0.2, 0.25) is 0 Å². The van der Waals surface area contributed by atoms with Gasteiger partial charge in [-0.2, -0.15) is 18.2 Å². The topological polar surface area (TPSA) is 87.3 Å². The third-order valence-electron chi connectivity index (χ3n) is 2.67. The Balaban J connectivity index is 2.08. The van der Waals surface area contributed by atoms with E-state index in [-0.39, 0.29) is 5.75 Å². The Morgan fingerprint density at radius 2 is 1.78 bits per heavy atom. The number of rotatable bonds is 5. The molecule has 0 radical (unpaired) electrons. The van der Waals surface area contributed by atoms with Crippen molar-refractivity contribution in [2.75, 3.05) is 0 Å². The van der Waals surface area contributed by atoms with E-state index in [0.29, 0.717) is 5.75 Å². The van der Waals surface area contributed by atoms with E-state index in [9.17, 15) is 18.0 Å². The summed E-state index contributed by atoms with van der Waals surface area (Å²) in [6.07, 6.45) is -4.44. The highest BCUT2D eigenvalue weighted by Crippen LogP contribution is 2.29. The summed E-state index contributed by atoms with van der Waals surface area (Å²) in [6, 6.07) is 6.14. The van der Waals surface area contributed by atoms with Gasteiger partial charge in [-0.3, -0.25) is 4.79 Å². The van der Waals surface area contributed by atoms with Gasteiger partial charge in [-0.25, -0.2) is 4.98 Å². The Labute approximate surface area is 129 Å². The third kappa shape index (κ3) is 4.56. The molecule has 1 unspecified atom stereocenters. The van der Waals surface area contributed by atoms with Crippen molar-refractivity contribution in [3.8, 4) is 17.5 Å². The highest BCUT2D eigenvalue weighted by Gasteiger charge is 2.33. The van der Waals surface area contributed by atoms with Crippen LogP contribution in [0.3, 0.4) is 0 Å². The molecule has 9 heteroatoms. The van der Waals surface area contributed by atoms with E-state index in [1.54, 1.807) is 0 Å². The van der Waals surface area contributed by atoms with E-state index in [1.165, 1.54) is 31.2 Å². The van der Waals surface area contributed by atoms with Gasteiger partial charge in [-0.1, -0.05) is 0 Å². The number of alkyl halides is 3. The third-order valence-corrected chi connectivity index (χ3v) is 2.67. The zero-order chi connectivity index (χ0) is 17.0. The molecule has 1 atom stereocenters. The van der Waals surface area contributed by atoms with Crippen LogP contribution in [0, 0.1) is 0 Å². The van der Waals surface area contributed by atoms with E-state index in [2.05, 4.69) is 9.97 Å². The lowest BCUT2D eigenvalue weighted by Crippen LogP contribution is -2.30. The summed E-state index contributed by atoms with van der Waals surface area (Å²) >= 11 is 0. The van der Waals surface area contributed by atoms with Crippen molar-refractivity contribution in [3.63, 3.8) is 0 Å². The number of amides is 1. The van der Waals surface area contributed by atoms with Crippen LogP contribution in [0.15, 0.2) is 36.5 Å². The number of hydrogen-bond donors (Lipinski definition) is 1. The van der Waals surface area contributed by atoms with Gasteiger partial charge in [0, 0.05) is 6.20 Å². The van der Waals surface area contributed by atoms with Crippen LogP contribution >= 0.6 is 0 Å². The summed E-state index contributed by atoms with van der Waals surface area (Å²) in [5.41, 5.74) is 3.97. The lowest BCUT2D eigenvalue weighted by molar-refractivity contribution is -0.141. The minimum absolute atomic E-state index is 0.211.